The number of nitriles is 1. The predicted octanol–water partition coefficient (Wildman–Crippen LogP) is 5.87. The molecule has 20 heavy (non-hydrogen) atoms. The third kappa shape index (κ3) is 26.4. The van der Waals surface area contributed by atoms with Crippen molar-refractivity contribution in [2.24, 2.45) is 5.73 Å². The summed E-state index contributed by atoms with van der Waals surface area (Å²) in [6.45, 7) is 5.33. The molecule has 0 unspecified atom stereocenters. The zero-order chi connectivity index (χ0) is 15.3. The fraction of sp³-hybridized carbons (Fsp3) is 0.941. The van der Waals surface area contributed by atoms with E-state index < -0.39 is 0 Å². The maximum atomic E-state index is 8.22. The van der Waals surface area contributed by atoms with Crippen LogP contribution in [0.3, 0.4) is 0 Å². The molecule has 2 nitrogen and oxygen atoms in total. The average molecular weight is 301 g/mol. The first-order chi connectivity index (χ1) is 9.83. The Kier molecular flexibility index (Phi) is 26.4. The molecular formula is C17H36N2S. The van der Waals surface area contributed by atoms with E-state index in [2.05, 4.69) is 19.2 Å². The minimum absolute atomic E-state index is 0.867. The van der Waals surface area contributed by atoms with Crippen molar-refractivity contribution in [3.05, 3.63) is 0 Å². The SMILES string of the molecule is CCCCCCCCN.CCCCCCCCSC#N. The molecule has 0 saturated carbocycles. The molecule has 0 aromatic rings. The highest BCUT2D eigenvalue weighted by atomic mass is 32.2. The molecule has 0 rings (SSSR count). The van der Waals surface area contributed by atoms with E-state index >= 15 is 0 Å². The molecule has 120 valence electrons. The molecule has 3 heteroatoms. The summed E-state index contributed by atoms with van der Waals surface area (Å²) in [5.74, 6) is 1.02. The number of nitrogens with zero attached hydrogens (tertiary/aromatic N) is 1. The highest BCUT2D eigenvalue weighted by Gasteiger charge is 1.89. The summed E-state index contributed by atoms with van der Waals surface area (Å²) >= 11 is 1.38. The summed E-state index contributed by atoms with van der Waals surface area (Å²) < 4.78 is 0. The van der Waals surface area contributed by atoms with E-state index in [4.69, 9.17) is 11.0 Å². The van der Waals surface area contributed by atoms with E-state index in [1.165, 1.54) is 88.8 Å². The van der Waals surface area contributed by atoms with Crippen molar-refractivity contribution >= 4 is 11.8 Å². The lowest BCUT2D eigenvalue weighted by molar-refractivity contribution is 0.612. The van der Waals surface area contributed by atoms with Gasteiger partial charge in [-0.15, -0.1) is 0 Å². The van der Waals surface area contributed by atoms with Crippen molar-refractivity contribution in [3.8, 4) is 5.40 Å². The fourth-order valence-electron chi connectivity index (χ4n) is 1.92. The second kappa shape index (κ2) is 23.9. The second-order valence-corrected chi connectivity index (χ2v) is 6.14. The van der Waals surface area contributed by atoms with Gasteiger partial charge in [-0.2, -0.15) is 5.26 Å². The van der Waals surface area contributed by atoms with Crippen LogP contribution in [0.1, 0.15) is 90.9 Å². The highest BCUT2D eigenvalue weighted by Crippen LogP contribution is 2.08. The van der Waals surface area contributed by atoms with Crippen LogP contribution in [0.25, 0.3) is 0 Å². The molecule has 0 fully saturated rings. The summed E-state index contributed by atoms with van der Waals surface area (Å²) in [5.41, 5.74) is 5.34. The van der Waals surface area contributed by atoms with Gasteiger partial charge in [0.2, 0.25) is 0 Å². The average Bonchev–Trinajstić information content (AvgIpc) is 2.47. The lowest BCUT2D eigenvalue weighted by atomic mass is 10.1. The normalized spacial score (nSPS) is 9.70. The molecule has 2 N–H and O–H groups in total. The smallest absolute Gasteiger partial charge is 0.133 e. The summed E-state index contributed by atoms with van der Waals surface area (Å²) in [7, 11) is 0. The van der Waals surface area contributed by atoms with Crippen LogP contribution in [-0.4, -0.2) is 12.3 Å². The second-order valence-electron chi connectivity index (χ2n) is 5.26. The molecule has 0 radical (unpaired) electrons. The summed E-state index contributed by atoms with van der Waals surface area (Å²) in [6, 6.07) is 0. The van der Waals surface area contributed by atoms with Gasteiger partial charge in [0.05, 0.1) is 0 Å². The maximum absolute atomic E-state index is 8.22. The number of unbranched alkanes of at least 4 members (excludes halogenated alkanes) is 10. The summed E-state index contributed by atoms with van der Waals surface area (Å²) in [4.78, 5) is 0. The first-order valence-electron chi connectivity index (χ1n) is 8.54. The molecule has 0 aromatic heterocycles. The van der Waals surface area contributed by atoms with E-state index in [0.717, 1.165) is 12.3 Å². The van der Waals surface area contributed by atoms with Crippen LogP contribution in [-0.2, 0) is 0 Å². The lowest BCUT2D eigenvalue weighted by Crippen LogP contribution is -1.97. The number of hydrogen-bond donors (Lipinski definition) is 1. The molecule has 0 atom stereocenters. The molecule has 0 bridgehead atoms. The van der Waals surface area contributed by atoms with Gasteiger partial charge in [0.25, 0.3) is 0 Å². The number of thioether (sulfide) groups is 1. The molecule has 0 saturated heterocycles. The number of rotatable bonds is 13. The third-order valence-electron chi connectivity index (χ3n) is 3.22. The number of hydrogen-bond acceptors (Lipinski definition) is 3. The Labute approximate surface area is 131 Å². The Morgan fingerprint density at radius 2 is 1.20 bits per heavy atom. The van der Waals surface area contributed by atoms with Crippen molar-refractivity contribution in [3.63, 3.8) is 0 Å². The van der Waals surface area contributed by atoms with E-state index in [1.54, 1.807) is 0 Å². The quantitative estimate of drug-likeness (QED) is 0.342. The van der Waals surface area contributed by atoms with Gasteiger partial charge in [0.1, 0.15) is 5.40 Å². The largest absolute Gasteiger partial charge is 0.330 e. The summed E-state index contributed by atoms with van der Waals surface area (Å²) in [5, 5.41) is 10.3. The monoisotopic (exact) mass is 300 g/mol. The lowest BCUT2D eigenvalue weighted by Gasteiger charge is -1.96. The Morgan fingerprint density at radius 1 is 0.750 bits per heavy atom. The Hall–Kier alpha value is -0.200. The van der Waals surface area contributed by atoms with Gasteiger partial charge in [-0.25, -0.2) is 0 Å². The minimum Gasteiger partial charge on any atom is -0.330 e. The first-order valence-corrected chi connectivity index (χ1v) is 9.52. The minimum atomic E-state index is 0.867. The van der Waals surface area contributed by atoms with Crippen molar-refractivity contribution < 1.29 is 0 Å². The van der Waals surface area contributed by atoms with E-state index in [9.17, 15) is 0 Å². The van der Waals surface area contributed by atoms with Crippen molar-refractivity contribution in [2.45, 2.75) is 90.9 Å². The van der Waals surface area contributed by atoms with Gasteiger partial charge >= 0.3 is 0 Å². The zero-order valence-corrected chi connectivity index (χ0v) is 14.6. The number of nitrogens with two attached hydrogens (primary N) is 1. The van der Waals surface area contributed by atoms with Gasteiger partial charge in [0.15, 0.2) is 0 Å². The Bertz CT molecular complexity index is 184. The molecule has 0 heterocycles. The summed E-state index contributed by atoms with van der Waals surface area (Å²) in [6.07, 6.45) is 16.0. The van der Waals surface area contributed by atoms with Crippen LogP contribution in [0.2, 0.25) is 0 Å². The van der Waals surface area contributed by atoms with E-state index in [0.29, 0.717) is 0 Å². The number of thiocyanates is 1. The van der Waals surface area contributed by atoms with Gasteiger partial charge in [-0.3, -0.25) is 0 Å². The van der Waals surface area contributed by atoms with Crippen LogP contribution in [0, 0.1) is 10.7 Å². The van der Waals surface area contributed by atoms with Crippen LogP contribution in [0.4, 0.5) is 0 Å². The fourth-order valence-corrected chi connectivity index (χ4v) is 2.36. The standard InChI is InChI=1S/C9H17NS.C8H19N/c1-2-3-4-5-6-7-8-11-9-10;1-2-3-4-5-6-7-8-9/h2-8H2,1H3;2-9H2,1H3. The van der Waals surface area contributed by atoms with Crippen LogP contribution in [0.5, 0.6) is 0 Å². The van der Waals surface area contributed by atoms with Crippen molar-refractivity contribution in [2.75, 3.05) is 12.3 Å². The Balaban J connectivity index is 0. The first kappa shape index (κ1) is 22.1. The van der Waals surface area contributed by atoms with E-state index in [-0.39, 0.29) is 0 Å². The molecule has 0 amide bonds. The van der Waals surface area contributed by atoms with E-state index in [1.807, 2.05) is 0 Å². The van der Waals surface area contributed by atoms with Crippen LogP contribution < -0.4 is 5.73 Å². The molecule has 0 aliphatic carbocycles. The van der Waals surface area contributed by atoms with Gasteiger partial charge in [-0.05, 0) is 31.1 Å². The third-order valence-corrected chi connectivity index (χ3v) is 3.84. The zero-order valence-electron chi connectivity index (χ0n) is 13.8. The molecule has 0 aliphatic rings. The van der Waals surface area contributed by atoms with Crippen molar-refractivity contribution in [1.82, 2.24) is 0 Å². The maximum Gasteiger partial charge on any atom is 0.133 e. The Morgan fingerprint density at radius 3 is 1.65 bits per heavy atom. The molecule has 0 aliphatic heterocycles. The molecule has 0 aromatic carbocycles. The van der Waals surface area contributed by atoms with Crippen LogP contribution >= 0.6 is 11.8 Å². The molecular weight excluding hydrogens is 264 g/mol. The van der Waals surface area contributed by atoms with Crippen LogP contribution in [0.15, 0.2) is 0 Å². The van der Waals surface area contributed by atoms with Crippen molar-refractivity contribution in [1.29, 1.82) is 5.26 Å². The topological polar surface area (TPSA) is 49.8 Å². The van der Waals surface area contributed by atoms with Gasteiger partial charge < -0.3 is 5.73 Å². The predicted molar refractivity (Wildman–Crippen MR) is 93.9 cm³/mol. The van der Waals surface area contributed by atoms with Gasteiger partial charge in [-0.1, -0.05) is 78.1 Å². The molecule has 0 spiro atoms. The van der Waals surface area contributed by atoms with Gasteiger partial charge in [0, 0.05) is 5.75 Å². The highest BCUT2D eigenvalue weighted by molar-refractivity contribution is 8.03.